The minimum atomic E-state index is -0.0273. The Morgan fingerprint density at radius 3 is 2.50 bits per heavy atom. The molecule has 0 aliphatic carbocycles. The number of nitrogens with zero attached hydrogens (tertiary/aromatic N) is 3. The molecule has 0 aliphatic rings. The van der Waals surface area contributed by atoms with Gasteiger partial charge in [0, 0.05) is 30.7 Å². The maximum absolute atomic E-state index is 11.9. The number of nitrogens with one attached hydrogen (secondary N) is 2. The molecule has 1 aromatic carbocycles. The van der Waals surface area contributed by atoms with E-state index in [2.05, 4.69) is 36.7 Å². The number of likely N-dealkylation sites (N-methyl/N-ethyl adjacent to an activating group) is 1. The molecule has 0 saturated carbocycles. The van der Waals surface area contributed by atoms with Crippen molar-refractivity contribution < 1.29 is 9.32 Å². The molecule has 0 atom stereocenters. The highest BCUT2D eigenvalue weighted by molar-refractivity contribution is 9.10. The van der Waals surface area contributed by atoms with E-state index in [0.29, 0.717) is 19.0 Å². The van der Waals surface area contributed by atoms with Crippen molar-refractivity contribution in [3.63, 3.8) is 0 Å². The second-order valence-corrected chi connectivity index (χ2v) is 7.00. The predicted octanol–water partition coefficient (Wildman–Crippen LogP) is 2.38. The Balaban J connectivity index is 2.05. The zero-order valence-corrected chi connectivity index (χ0v) is 17.1. The van der Waals surface area contributed by atoms with Crippen LogP contribution < -0.4 is 10.6 Å². The van der Waals surface area contributed by atoms with Crippen LogP contribution in [-0.4, -0.2) is 42.6 Å². The Kier molecular flexibility index (Phi) is 7.20. The van der Waals surface area contributed by atoms with Gasteiger partial charge in [0.05, 0.1) is 18.8 Å². The van der Waals surface area contributed by atoms with Crippen LogP contribution in [0.1, 0.15) is 22.6 Å². The van der Waals surface area contributed by atoms with Crippen molar-refractivity contribution in [2.24, 2.45) is 4.99 Å². The van der Waals surface area contributed by atoms with Crippen LogP contribution in [0.5, 0.6) is 0 Å². The smallest absolute Gasteiger partial charge is 0.241 e. The monoisotopic (exact) mass is 421 g/mol. The van der Waals surface area contributed by atoms with Gasteiger partial charge in [0.1, 0.15) is 5.76 Å². The molecule has 0 radical (unpaired) electrons. The second-order valence-electron chi connectivity index (χ2n) is 6.09. The fraction of sp³-hybridized carbons (Fsp3) is 0.389. The number of carbonyl (C=O) groups excluding carboxylic acids is 1. The van der Waals surface area contributed by atoms with Gasteiger partial charge < -0.3 is 20.1 Å². The Morgan fingerprint density at radius 2 is 1.92 bits per heavy atom. The van der Waals surface area contributed by atoms with Gasteiger partial charge in [-0.1, -0.05) is 33.2 Å². The van der Waals surface area contributed by atoms with E-state index < -0.39 is 0 Å². The number of rotatable bonds is 6. The topological polar surface area (TPSA) is 82.8 Å². The van der Waals surface area contributed by atoms with Gasteiger partial charge in [-0.25, -0.2) is 4.99 Å². The number of benzene rings is 1. The highest BCUT2D eigenvalue weighted by Gasteiger charge is 2.11. The molecule has 8 heteroatoms. The molecule has 1 amide bonds. The predicted molar refractivity (Wildman–Crippen MR) is 105 cm³/mol. The molecular weight excluding hydrogens is 398 g/mol. The maximum atomic E-state index is 11.9. The summed E-state index contributed by atoms with van der Waals surface area (Å²) in [6.07, 6.45) is 0. The number of aromatic nitrogens is 1. The van der Waals surface area contributed by atoms with Crippen LogP contribution in [0.4, 0.5) is 0 Å². The lowest BCUT2D eigenvalue weighted by Crippen LogP contribution is -2.42. The fourth-order valence-corrected chi connectivity index (χ4v) is 2.44. The average Bonchev–Trinajstić information content (AvgIpc) is 2.93. The van der Waals surface area contributed by atoms with E-state index in [-0.39, 0.29) is 12.5 Å². The van der Waals surface area contributed by atoms with E-state index in [1.54, 1.807) is 14.1 Å². The van der Waals surface area contributed by atoms with Crippen LogP contribution in [-0.2, 0) is 17.9 Å². The molecule has 140 valence electrons. The summed E-state index contributed by atoms with van der Waals surface area (Å²) >= 11 is 3.42. The molecule has 0 aliphatic heterocycles. The van der Waals surface area contributed by atoms with Crippen molar-refractivity contribution in [3.05, 3.63) is 51.3 Å². The number of halogens is 1. The van der Waals surface area contributed by atoms with Crippen molar-refractivity contribution in [3.8, 4) is 0 Å². The molecule has 0 spiro atoms. The molecule has 0 saturated heterocycles. The van der Waals surface area contributed by atoms with Crippen molar-refractivity contribution in [2.75, 3.05) is 20.6 Å². The average molecular weight is 422 g/mol. The van der Waals surface area contributed by atoms with Crippen LogP contribution in [0.3, 0.4) is 0 Å². The molecule has 1 heterocycles. The van der Waals surface area contributed by atoms with Crippen LogP contribution in [0, 0.1) is 13.8 Å². The summed E-state index contributed by atoms with van der Waals surface area (Å²) in [5.74, 6) is 1.30. The van der Waals surface area contributed by atoms with Crippen LogP contribution >= 0.6 is 15.9 Å². The first-order chi connectivity index (χ1) is 12.4. The SMILES string of the molecule is Cc1noc(C)c1CNC(=NCc1ccc(Br)cc1)NCC(=O)N(C)C. The minimum absolute atomic E-state index is 0.0273. The quantitative estimate of drug-likeness (QED) is 0.552. The molecule has 0 bridgehead atoms. The first kappa shape index (κ1) is 20.0. The standard InChI is InChI=1S/C18H24BrN5O2/c1-12-16(13(2)26-23-12)10-21-18(22-11-17(25)24(3)4)20-9-14-5-7-15(19)8-6-14/h5-8H,9-11H2,1-4H3,(H2,20,21,22). The lowest BCUT2D eigenvalue weighted by Gasteiger charge is -2.15. The Labute approximate surface area is 162 Å². The highest BCUT2D eigenvalue weighted by atomic mass is 79.9. The van der Waals surface area contributed by atoms with Crippen molar-refractivity contribution in [1.82, 2.24) is 20.7 Å². The fourth-order valence-electron chi connectivity index (χ4n) is 2.18. The molecule has 0 fully saturated rings. The van der Waals surface area contributed by atoms with Crippen LogP contribution in [0.15, 0.2) is 38.3 Å². The number of hydrogen-bond acceptors (Lipinski definition) is 4. The van der Waals surface area contributed by atoms with Gasteiger partial charge in [0.25, 0.3) is 0 Å². The molecule has 2 N–H and O–H groups in total. The molecule has 7 nitrogen and oxygen atoms in total. The van der Waals surface area contributed by atoms with Crippen molar-refractivity contribution in [2.45, 2.75) is 26.9 Å². The maximum Gasteiger partial charge on any atom is 0.241 e. The van der Waals surface area contributed by atoms with E-state index in [1.165, 1.54) is 4.90 Å². The lowest BCUT2D eigenvalue weighted by molar-refractivity contribution is -0.127. The second kappa shape index (κ2) is 9.38. The van der Waals surface area contributed by atoms with Gasteiger partial charge >= 0.3 is 0 Å². The highest BCUT2D eigenvalue weighted by Crippen LogP contribution is 2.12. The van der Waals surface area contributed by atoms with Gasteiger partial charge in [-0.15, -0.1) is 0 Å². The number of guanidine groups is 1. The van der Waals surface area contributed by atoms with Gasteiger partial charge in [-0.05, 0) is 31.5 Å². The first-order valence-electron chi connectivity index (χ1n) is 8.25. The Hall–Kier alpha value is -2.35. The minimum Gasteiger partial charge on any atom is -0.361 e. The van der Waals surface area contributed by atoms with Crippen LogP contribution in [0.2, 0.25) is 0 Å². The van der Waals surface area contributed by atoms with Gasteiger partial charge in [0.2, 0.25) is 5.91 Å². The summed E-state index contributed by atoms with van der Waals surface area (Å²) in [4.78, 5) is 18.0. The van der Waals surface area contributed by atoms with Gasteiger partial charge in [-0.2, -0.15) is 0 Å². The van der Waals surface area contributed by atoms with Gasteiger partial charge in [-0.3, -0.25) is 4.79 Å². The zero-order chi connectivity index (χ0) is 19.1. The molecular formula is C18H24BrN5O2. The Morgan fingerprint density at radius 1 is 1.23 bits per heavy atom. The largest absolute Gasteiger partial charge is 0.361 e. The molecule has 2 rings (SSSR count). The number of hydrogen-bond donors (Lipinski definition) is 2. The summed E-state index contributed by atoms with van der Waals surface area (Å²) in [6, 6.07) is 7.96. The third-order valence-corrected chi connectivity index (χ3v) is 4.38. The zero-order valence-electron chi connectivity index (χ0n) is 15.5. The summed E-state index contributed by atoms with van der Waals surface area (Å²) in [5.41, 5.74) is 2.90. The van der Waals surface area contributed by atoms with E-state index in [9.17, 15) is 4.79 Å². The van der Waals surface area contributed by atoms with Gasteiger partial charge in [0.15, 0.2) is 5.96 Å². The normalized spacial score (nSPS) is 11.3. The first-order valence-corrected chi connectivity index (χ1v) is 9.04. The number of aliphatic imine (C=N–C) groups is 1. The third-order valence-electron chi connectivity index (χ3n) is 3.85. The van der Waals surface area contributed by atoms with Crippen molar-refractivity contribution >= 4 is 27.8 Å². The number of carbonyl (C=O) groups is 1. The number of amides is 1. The van der Waals surface area contributed by atoms with Crippen LogP contribution in [0.25, 0.3) is 0 Å². The summed E-state index contributed by atoms with van der Waals surface area (Å²) in [6.45, 7) is 4.96. The third kappa shape index (κ3) is 5.87. The van der Waals surface area contributed by atoms with Crippen molar-refractivity contribution in [1.29, 1.82) is 0 Å². The Bertz CT molecular complexity index is 749. The summed E-state index contributed by atoms with van der Waals surface area (Å²) in [5, 5.41) is 10.3. The number of aryl methyl sites for hydroxylation is 2. The molecule has 0 unspecified atom stereocenters. The molecule has 1 aromatic heterocycles. The van der Waals surface area contributed by atoms with E-state index in [1.807, 2.05) is 38.1 Å². The van der Waals surface area contributed by atoms with E-state index in [0.717, 1.165) is 27.1 Å². The van der Waals surface area contributed by atoms with E-state index in [4.69, 9.17) is 4.52 Å². The lowest BCUT2D eigenvalue weighted by atomic mass is 10.2. The molecule has 2 aromatic rings. The van der Waals surface area contributed by atoms with E-state index >= 15 is 0 Å². The molecule has 26 heavy (non-hydrogen) atoms. The summed E-state index contributed by atoms with van der Waals surface area (Å²) < 4.78 is 6.21. The summed E-state index contributed by atoms with van der Waals surface area (Å²) in [7, 11) is 3.44.